The van der Waals surface area contributed by atoms with Crippen LogP contribution < -0.4 is 0 Å². The highest BCUT2D eigenvalue weighted by Gasteiger charge is 2.18. The fourth-order valence-corrected chi connectivity index (χ4v) is 3.33. The number of thiazole rings is 1. The summed E-state index contributed by atoms with van der Waals surface area (Å²) in [6, 6.07) is 22.3. The Morgan fingerprint density at radius 3 is 2.10 bits per heavy atom. The molecule has 0 aliphatic carbocycles. The van der Waals surface area contributed by atoms with Crippen molar-refractivity contribution in [3.8, 4) is 27.8 Å². The van der Waals surface area contributed by atoms with Crippen molar-refractivity contribution in [2.24, 2.45) is 0 Å². The summed E-state index contributed by atoms with van der Waals surface area (Å²) < 4.78 is 0. The third-order valence-electron chi connectivity index (χ3n) is 3.08. The molecule has 0 radical (unpaired) electrons. The molecule has 21 heavy (non-hydrogen) atoms. The zero-order chi connectivity index (χ0) is 14.7. The Hall–Kier alpha value is -2.09. The van der Waals surface area contributed by atoms with Crippen molar-refractivity contribution in [2.75, 3.05) is 0 Å². The molecule has 0 N–H and O–H groups in total. The SMILES string of the molecule is N#CC(S)c1nc(-c2ccccc2)c(-c2ccccc2)s1. The Balaban J connectivity index is 2.18. The second-order valence-corrected chi connectivity index (χ2v) is 6.04. The van der Waals surface area contributed by atoms with Gasteiger partial charge < -0.3 is 0 Å². The number of nitriles is 1. The van der Waals surface area contributed by atoms with E-state index in [0.717, 1.165) is 26.7 Å². The van der Waals surface area contributed by atoms with Crippen molar-refractivity contribution in [2.45, 2.75) is 5.25 Å². The first-order valence-electron chi connectivity index (χ1n) is 6.49. The Morgan fingerprint density at radius 1 is 0.952 bits per heavy atom. The smallest absolute Gasteiger partial charge is 0.140 e. The lowest BCUT2D eigenvalue weighted by Crippen LogP contribution is -1.85. The van der Waals surface area contributed by atoms with E-state index < -0.39 is 5.25 Å². The molecule has 0 spiro atoms. The minimum atomic E-state index is -0.491. The third-order valence-corrected chi connectivity index (χ3v) is 4.79. The standard InChI is InChI=1S/C17H12N2S2/c18-11-14(20)17-19-15(12-7-3-1-4-8-12)16(21-17)13-9-5-2-6-10-13/h1-10,14,20H. The average Bonchev–Trinajstić information content (AvgIpc) is 3.01. The fraction of sp³-hybridized carbons (Fsp3) is 0.0588. The van der Waals surface area contributed by atoms with Gasteiger partial charge in [0.05, 0.1) is 16.6 Å². The molecule has 0 bridgehead atoms. The topological polar surface area (TPSA) is 36.7 Å². The van der Waals surface area contributed by atoms with Crippen LogP contribution in [-0.4, -0.2) is 4.98 Å². The van der Waals surface area contributed by atoms with Gasteiger partial charge in [-0.25, -0.2) is 4.98 Å². The van der Waals surface area contributed by atoms with E-state index in [0.29, 0.717) is 0 Å². The van der Waals surface area contributed by atoms with Crippen LogP contribution in [0.3, 0.4) is 0 Å². The van der Waals surface area contributed by atoms with Crippen LogP contribution in [-0.2, 0) is 0 Å². The number of rotatable bonds is 3. The fourth-order valence-electron chi connectivity index (χ4n) is 2.09. The highest BCUT2D eigenvalue weighted by Crippen LogP contribution is 2.39. The predicted octanol–water partition coefficient (Wildman–Crippen LogP) is 4.97. The molecule has 102 valence electrons. The predicted molar refractivity (Wildman–Crippen MR) is 90.3 cm³/mol. The first-order chi connectivity index (χ1) is 10.3. The third kappa shape index (κ3) is 2.85. The molecule has 0 fully saturated rings. The van der Waals surface area contributed by atoms with Crippen LogP contribution in [0.5, 0.6) is 0 Å². The van der Waals surface area contributed by atoms with Crippen molar-refractivity contribution in [3.05, 3.63) is 65.7 Å². The lowest BCUT2D eigenvalue weighted by molar-refractivity contribution is 1.17. The summed E-state index contributed by atoms with van der Waals surface area (Å²) in [5, 5.41) is 9.31. The van der Waals surface area contributed by atoms with E-state index in [1.807, 2.05) is 48.5 Å². The van der Waals surface area contributed by atoms with Gasteiger partial charge in [0, 0.05) is 5.56 Å². The summed E-state index contributed by atoms with van der Waals surface area (Å²) in [5.74, 6) is 0. The summed E-state index contributed by atoms with van der Waals surface area (Å²) in [7, 11) is 0. The van der Waals surface area contributed by atoms with Crippen molar-refractivity contribution in [1.82, 2.24) is 4.98 Å². The minimum Gasteiger partial charge on any atom is -0.238 e. The van der Waals surface area contributed by atoms with Gasteiger partial charge in [-0.3, -0.25) is 0 Å². The first kappa shape index (κ1) is 13.9. The molecule has 3 aromatic rings. The Bertz CT molecular complexity index is 717. The van der Waals surface area contributed by atoms with E-state index >= 15 is 0 Å². The quantitative estimate of drug-likeness (QED) is 0.693. The van der Waals surface area contributed by atoms with Crippen molar-refractivity contribution < 1.29 is 0 Å². The zero-order valence-electron chi connectivity index (χ0n) is 11.1. The Labute approximate surface area is 133 Å². The Kier molecular flexibility index (Phi) is 4.05. The van der Waals surface area contributed by atoms with Gasteiger partial charge in [0.15, 0.2) is 0 Å². The van der Waals surface area contributed by atoms with E-state index in [1.54, 1.807) is 0 Å². The van der Waals surface area contributed by atoms with Crippen LogP contribution >= 0.6 is 24.0 Å². The number of hydrogen-bond donors (Lipinski definition) is 1. The maximum atomic E-state index is 9.07. The van der Waals surface area contributed by atoms with Crippen molar-refractivity contribution >= 4 is 24.0 Å². The monoisotopic (exact) mass is 308 g/mol. The maximum absolute atomic E-state index is 9.07. The summed E-state index contributed by atoms with van der Waals surface area (Å²) in [6.07, 6.45) is 0. The summed E-state index contributed by atoms with van der Waals surface area (Å²) in [5.41, 5.74) is 3.08. The number of hydrogen-bond acceptors (Lipinski definition) is 4. The normalized spacial score (nSPS) is 11.8. The second-order valence-electron chi connectivity index (χ2n) is 4.49. The molecule has 2 aromatic carbocycles. The molecule has 1 unspecified atom stereocenters. The molecule has 0 aliphatic heterocycles. The van der Waals surface area contributed by atoms with Gasteiger partial charge in [-0.05, 0) is 5.56 Å². The van der Waals surface area contributed by atoms with Gasteiger partial charge in [0.2, 0.25) is 0 Å². The van der Waals surface area contributed by atoms with Crippen molar-refractivity contribution in [1.29, 1.82) is 5.26 Å². The molecular formula is C17H12N2S2. The molecular weight excluding hydrogens is 296 g/mol. The molecule has 0 saturated heterocycles. The van der Waals surface area contributed by atoms with Crippen LogP contribution in [0, 0.1) is 11.3 Å². The zero-order valence-corrected chi connectivity index (χ0v) is 12.8. The lowest BCUT2D eigenvalue weighted by atomic mass is 10.1. The molecule has 1 atom stereocenters. The number of nitrogens with zero attached hydrogens (tertiary/aromatic N) is 2. The molecule has 3 rings (SSSR count). The molecule has 0 amide bonds. The van der Waals surface area contributed by atoms with E-state index in [-0.39, 0.29) is 0 Å². The Morgan fingerprint density at radius 2 is 1.52 bits per heavy atom. The van der Waals surface area contributed by atoms with Crippen molar-refractivity contribution in [3.63, 3.8) is 0 Å². The van der Waals surface area contributed by atoms with Gasteiger partial charge in [-0.1, -0.05) is 60.7 Å². The van der Waals surface area contributed by atoms with Crippen LogP contribution in [0.15, 0.2) is 60.7 Å². The molecule has 1 heterocycles. The summed E-state index contributed by atoms with van der Waals surface area (Å²) >= 11 is 5.82. The van der Waals surface area contributed by atoms with Crippen LogP contribution in [0.1, 0.15) is 10.3 Å². The molecule has 0 saturated carbocycles. The van der Waals surface area contributed by atoms with Crippen LogP contribution in [0.2, 0.25) is 0 Å². The van der Waals surface area contributed by atoms with Crippen LogP contribution in [0.25, 0.3) is 21.7 Å². The summed E-state index contributed by atoms with van der Waals surface area (Å²) in [6.45, 7) is 0. The van der Waals surface area contributed by atoms with E-state index in [2.05, 4.69) is 35.8 Å². The molecule has 4 heteroatoms. The summed E-state index contributed by atoms with van der Waals surface area (Å²) in [4.78, 5) is 5.72. The number of benzene rings is 2. The molecule has 2 nitrogen and oxygen atoms in total. The average molecular weight is 308 g/mol. The van der Waals surface area contributed by atoms with Gasteiger partial charge in [0.25, 0.3) is 0 Å². The second kappa shape index (κ2) is 6.13. The first-order valence-corrected chi connectivity index (χ1v) is 7.82. The lowest BCUT2D eigenvalue weighted by Gasteiger charge is -2.02. The van der Waals surface area contributed by atoms with E-state index in [1.165, 1.54) is 11.3 Å². The van der Waals surface area contributed by atoms with Gasteiger partial charge in [-0.2, -0.15) is 17.9 Å². The maximum Gasteiger partial charge on any atom is 0.140 e. The molecule has 1 aromatic heterocycles. The van der Waals surface area contributed by atoms with Crippen LogP contribution in [0.4, 0.5) is 0 Å². The van der Waals surface area contributed by atoms with Gasteiger partial charge in [-0.15, -0.1) is 11.3 Å². The highest BCUT2D eigenvalue weighted by atomic mass is 32.1. The largest absolute Gasteiger partial charge is 0.238 e. The van der Waals surface area contributed by atoms with E-state index in [4.69, 9.17) is 5.26 Å². The highest BCUT2D eigenvalue weighted by molar-refractivity contribution is 7.81. The number of thiol groups is 1. The van der Waals surface area contributed by atoms with Gasteiger partial charge in [0.1, 0.15) is 10.3 Å². The minimum absolute atomic E-state index is 0.491. The number of aromatic nitrogens is 1. The van der Waals surface area contributed by atoms with E-state index in [9.17, 15) is 0 Å². The van der Waals surface area contributed by atoms with Gasteiger partial charge >= 0.3 is 0 Å². The molecule has 0 aliphatic rings.